The van der Waals surface area contributed by atoms with E-state index >= 15 is 0 Å². The van der Waals surface area contributed by atoms with E-state index in [-0.39, 0.29) is 0 Å². The van der Waals surface area contributed by atoms with Gasteiger partial charge in [-0.05, 0) is 42.5 Å². The summed E-state index contributed by atoms with van der Waals surface area (Å²) in [5.41, 5.74) is 4.12. The second kappa shape index (κ2) is 6.59. The molecule has 28 heavy (non-hydrogen) atoms. The van der Waals surface area contributed by atoms with Gasteiger partial charge in [0.25, 0.3) is 0 Å². The summed E-state index contributed by atoms with van der Waals surface area (Å²) in [6, 6.07) is 20.9. The van der Waals surface area contributed by atoms with Gasteiger partial charge in [0.15, 0.2) is 0 Å². The summed E-state index contributed by atoms with van der Waals surface area (Å²) >= 11 is 0. The largest absolute Gasteiger partial charge is 0.457 e. The molecule has 0 unspecified atom stereocenters. The minimum Gasteiger partial charge on any atom is -0.457 e. The highest BCUT2D eigenvalue weighted by Gasteiger charge is 2.09. The van der Waals surface area contributed by atoms with E-state index < -0.39 is 0 Å². The number of aldehydes is 1. The highest BCUT2D eigenvalue weighted by atomic mass is 16.5. The van der Waals surface area contributed by atoms with E-state index in [0.29, 0.717) is 11.5 Å². The molecule has 0 fully saturated rings. The standard InChI is InChI=1S/C22H16N4O2/c27-13-14-6-8-18-17(10-14)21(12-23-18)26-22-24-19-9-7-16(11-20(19)25-22)28-15-4-2-1-3-5-15/h1-13,23H,(H2,24,25,26). The summed E-state index contributed by atoms with van der Waals surface area (Å²) in [5, 5.41) is 4.21. The molecule has 0 atom stereocenters. The Morgan fingerprint density at radius 2 is 1.79 bits per heavy atom. The molecule has 0 radical (unpaired) electrons. The maximum atomic E-state index is 11.1. The molecule has 5 aromatic rings. The number of H-pyrrole nitrogens is 2. The van der Waals surface area contributed by atoms with Crippen molar-refractivity contribution in [2.75, 3.05) is 5.32 Å². The first-order valence-corrected chi connectivity index (χ1v) is 8.84. The Kier molecular flexibility index (Phi) is 3.80. The zero-order valence-electron chi connectivity index (χ0n) is 14.8. The number of carbonyl (C=O) groups is 1. The fraction of sp³-hybridized carbons (Fsp3) is 0. The lowest BCUT2D eigenvalue weighted by atomic mass is 10.1. The van der Waals surface area contributed by atoms with Crippen molar-refractivity contribution in [1.82, 2.24) is 15.0 Å². The number of anilines is 2. The van der Waals surface area contributed by atoms with Crippen molar-refractivity contribution in [3.05, 3.63) is 78.5 Å². The molecular formula is C22H16N4O2. The summed E-state index contributed by atoms with van der Waals surface area (Å²) in [6.45, 7) is 0. The third-order valence-electron chi connectivity index (χ3n) is 4.53. The van der Waals surface area contributed by atoms with Crippen molar-refractivity contribution in [2.45, 2.75) is 0 Å². The minimum absolute atomic E-state index is 0.615. The maximum absolute atomic E-state index is 11.1. The maximum Gasteiger partial charge on any atom is 0.205 e. The molecule has 0 bridgehead atoms. The van der Waals surface area contributed by atoms with Crippen LogP contribution in [0.3, 0.4) is 0 Å². The number of nitrogens with one attached hydrogen (secondary N) is 3. The van der Waals surface area contributed by atoms with Gasteiger partial charge in [0.1, 0.15) is 17.8 Å². The van der Waals surface area contributed by atoms with Crippen molar-refractivity contribution >= 4 is 39.9 Å². The van der Waals surface area contributed by atoms with Gasteiger partial charge in [-0.15, -0.1) is 0 Å². The molecule has 0 amide bonds. The first kappa shape index (κ1) is 16.1. The molecule has 6 nitrogen and oxygen atoms in total. The van der Waals surface area contributed by atoms with Gasteiger partial charge < -0.3 is 20.0 Å². The fourth-order valence-corrected chi connectivity index (χ4v) is 3.18. The number of benzene rings is 3. The molecule has 5 rings (SSSR count). The molecule has 0 spiro atoms. The fourth-order valence-electron chi connectivity index (χ4n) is 3.18. The summed E-state index contributed by atoms with van der Waals surface area (Å²) in [5.74, 6) is 2.12. The van der Waals surface area contributed by atoms with Gasteiger partial charge in [-0.1, -0.05) is 18.2 Å². The van der Waals surface area contributed by atoms with Crippen LogP contribution < -0.4 is 10.1 Å². The SMILES string of the molecule is O=Cc1ccc2[nH]cc(Nc3nc4cc(Oc5ccccc5)ccc4[nH]3)c2c1. The van der Waals surface area contributed by atoms with Crippen LogP contribution in [0.5, 0.6) is 11.5 Å². The first-order chi connectivity index (χ1) is 13.8. The van der Waals surface area contributed by atoms with E-state index in [1.807, 2.05) is 66.9 Å². The molecular weight excluding hydrogens is 352 g/mol. The number of hydrogen-bond acceptors (Lipinski definition) is 4. The molecule has 2 heterocycles. The van der Waals surface area contributed by atoms with E-state index in [1.165, 1.54) is 0 Å². The van der Waals surface area contributed by atoms with Gasteiger partial charge in [0, 0.05) is 28.7 Å². The average Bonchev–Trinajstić information content (AvgIpc) is 3.32. The topological polar surface area (TPSA) is 82.8 Å². The second-order valence-corrected chi connectivity index (χ2v) is 6.43. The van der Waals surface area contributed by atoms with E-state index in [2.05, 4.69) is 20.3 Å². The Balaban J connectivity index is 1.44. The first-order valence-electron chi connectivity index (χ1n) is 8.84. The summed E-state index contributed by atoms with van der Waals surface area (Å²) in [7, 11) is 0. The summed E-state index contributed by atoms with van der Waals surface area (Å²) < 4.78 is 5.87. The number of aromatic nitrogens is 3. The van der Waals surface area contributed by atoms with E-state index in [9.17, 15) is 4.79 Å². The molecule has 136 valence electrons. The zero-order valence-corrected chi connectivity index (χ0v) is 14.8. The number of nitrogens with zero attached hydrogens (tertiary/aromatic N) is 1. The number of rotatable bonds is 5. The molecule has 0 saturated heterocycles. The van der Waals surface area contributed by atoms with Crippen LogP contribution in [0.25, 0.3) is 21.9 Å². The number of ether oxygens (including phenoxy) is 1. The quantitative estimate of drug-likeness (QED) is 0.363. The van der Waals surface area contributed by atoms with Gasteiger partial charge in [-0.2, -0.15) is 0 Å². The second-order valence-electron chi connectivity index (χ2n) is 6.43. The highest BCUT2D eigenvalue weighted by molar-refractivity contribution is 5.97. The Hall–Kier alpha value is -4.06. The smallest absolute Gasteiger partial charge is 0.205 e. The number of hydrogen-bond donors (Lipinski definition) is 3. The van der Waals surface area contributed by atoms with E-state index in [1.54, 1.807) is 6.07 Å². The average molecular weight is 368 g/mol. The molecule has 0 aliphatic rings. The number of aromatic amines is 2. The number of fused-ring (bicyclic) bond motifs is 2. The van der Waals surface area contributed by atoms with Crippen LogP contribution in [0, 0.1) is 0 Å². The molecule has 3 N–H and O–H groups in total. The minimum atomic E-state index is 0.615. The molecule has 0 aliphatic heterocycles. The van der Waals surface area contributed by atoms with Gasteiger partial charge in [0.05, 0.1) is 16.7 Å². The summed E-state index contributed by atoms with van der Waals surface area (Å²) in [4.78, 5) is 22.1. The molecule has 2 aromatic heterocycles. The van der Waals surface area contributed by atoms with Crippen molar-refractivity contribution in [3.8, 4) is 11.5 Å². The molecule has 0 saturated carbocycles. The van der Waals surface area contributed by atoms with Crippen LogP contribution in [-0.2, 0) is 0 Å². The van der Waals surface area contributed by atoms with Crippen LogP contribution in [0.15, 0.2) is 72.9 Å². The lowest BCUT2D eigenvalue weighted by Crippen LogP contribution is -1.91. The van der Waals surface area contributed by atoms with Crippen LogP contribution in [0.2, 0.25) is 0 Å². The normalized spacial score (nSPS) is 11.0. The van der Waals surface area contributed by atoms with Crippen molar-refractivity contribution in [1.29, 1.82) is 0 Å². The molecule has 3 aromatic carbocycles. The van der Waals surface area contributed by atoms with Crippen LogP contribution >= 0.6 is 0 Å². The predicted octanol–water partition coefficient (Wildman–Crippen LogP) is 5.39. The van der Waals surface area contributed by atoms with Crippen molar-refractivity contribution in [3.63, 3.8) is 0 Å². The summed E-state index contributed by atoms with van der Waals surface area (Å²) in [6.07, 6.45) is 2.70. The lowest BCUT2D eigenvalue weighted by Gasteiger charge is -2.04. The molecule has 0 aliphatic carbocycles. The van der Waals surface area contributed by atoms with Crippen LogP contribution in [0.1, 0.15) is 10.4 Å². The van der Waals surface area contributed by atoms with Gasteiger partial charge in [0.2, 0.25) is 5.95 Å². The predicted molar refractivity (Wildman–Crippen MR) is 110 cm³/mol. The number of imidazole rings is 1. The highest BCUT2D eigenvalue weighted by Crippen LogP contribution is 2.29. The van der Waals surface area contributed by atoms with E-state index in [4.69, 9.17) is 4.74 Å². The van der Waals surface area contributed by atoms with Crippen molar-refractivity contribution in [2.24, 2.45) is 0 Å². The van der Waals surface area contributed by atoms with Gasteiger partial charge in [-0.25, -0.2) is 4.98 Å². The Labute approximate surface area is 160 Å². The van der Waals surface area contributed by atoms with Crippen LogP contribution in [-0.4, -0.2) is 21.2 Å². The number of carbonyl (C=O) groups excluding carboxylic acids is 1. The third kappa shape index (κ3) is 2.97. The van der Waals surface area contributed by atoms with Gasteiger partial charge >= 0.3 is 0 Å². The zero-order chi connectivity index (χ0) is 18.9. The lowest BCUT2D eigenvalue weighted by molar-refractivity contribution is 0.112. The van der Waals surface area contributed by atoms with E-state index in [0.717, 1.165) is 45.4 Å². The monoisotopic (exact) mass is 368 g/mol. The van der Waals surface area contributed by atoms with Crippen molar-refractivity contribution < 1.29 is 9.53 Å². The van der Waals surface area contributed by atoms with Crippen LogP contribution in [0.4, 0.5) is 11.6 Å². The van der Waals surface area contributed by atoms with Gasteiger partial charge in [-0.3, -0.25) is 4.79 Å². The third-order valence-corrected chi connectivity index (χ3v) is 4.53. The Bertz CT molecular complexity index is 1290. The Morgan fingerprint density at radius 1 is 0.929 bits per heavy atom. The number of para-hydroxylation sites is 1. The molecule has 6 heteroatoms. The Morgan fingerprint density at radius 3 is 2.64 bits per heavy atom.